The first-order valence-corrected chi connectivity index (χ1v) is 14.2. The van der Waals surface area contributed by atoms with Gasteiger partial charge in [0, 0.05) is 24.4 Å². The summed E-state index contributed by atoms with van der Waals surface area (Å²) < 4.78 is 4.01. The maximum atomic E-state index is 14.4. The molecule has 0 bridgehead atoms. The Kier molecular flexibility index (Phi) is 7.44. The Morgan fingerprint density at radius 1 is 1.05 bits per heavy atom. The summed E-state index contributed by atoms with van der Waals surface area (Å²) >= 11 is 8.06. The normalized spacial score (nSPS) is 32.9. The van der Waals surface area contributed by atoms with Crippen molar-refractivity contribution in [2.75, 3.05) is 31.2 Å². The molecule has 1 spiro atoms. The van der Waals surface area contributed by atoms with E-state index in [4.69, 9.17) is 21.4 Å². The van der Waals surface area contributed by atoms with Crippen LogP contribution in [0, 0.1) is 11.8 Å². The van der Waals surface area contributed by atoms with E-state index >= 15 is 0 Å². The molecule has 1 N–H and O–H groups in total. The number of likely N-dealkylation sites (tertiary alicyclic amines) is 1. The number of carbonyl (C=O) groups is 3. The van der Waals surface area contributed by atoms with Crippen LogP contribution < -0.4 is 4.90 Å². The molecule has 2 saturated heterocycles. The summed E-state index contributed by atoms with van der Waals surface area (Å²) in [5.41, 5.74) is 0.606. The van der Waals surface area contributed by atoms with E-state index in [0.29, 0.717) is 43.1 Å². The van der Waals surface area contributed by atoms with E-state index in [1.54, 1.807) is 27.6 Å². The number of carbonyl (C=O) groups excluding carboxylic acids is 3. The highest BCUT2D eigenvalue weighted by Gasteiger charge is 2.73. The number of amides is 2. The number of hydrogen-bond acceptors (Lipinski definition) is 6. The SMILES string of the molecule is C[C@]12C=CCCOC(=O)[C@H]1[C@H]1C(=O)N(CCCCCCO)C3C(=O)N(c4ccccc4Cl)CC=C[C@@]31S2. The minimum atomic E-state index is -0.900. The molecule has 198 valence electrons. The van der Waals surface area contributed by atoms with Gasteiger partial charge in [-0.3, -0.25) is 14.4 Å². The lowest BCUT2D eigenvalue weighted by atomic mass is 9.74. The first-order valence-electron chi connectivity index (χ1n) is 13.0. The Morgan fingerprint density at radius 3 is 2.62 bits per heavy atom. The van der Waals surface area contributed by atoms with Gasteiger partial charge in [0.25, 0.3) is 5.91 Å². The number of esters is 1. The van der Waals surface area contributed by atoms with Gasteiger partial charge in [0.05, 0.1) is 33.9 Å². The summed E-state index contributed by atoms with van der Waals surface area (Å²) in [6.07, 6.45) is 11.7. The number of thioether (sulfide) groups is 1. The van der Waals surface area contributed by atoms with Crippen molar-refractivity contribution < 1.29 is 24.2 Å². The summed E-state index contributed by atoms with van der Waals surface area (Å²) in [6.45, 7) is 3.15. The van der Waals surface area contributed by atoms with Crippen LogP contribution in [0.2, 0.25) is 5.02 Å². The fourth-order valence-corrected chi connectivity index (χ4v) is 8.75. The Bertz CT molecular complexity index is 1140. The number of aliphatic hydroxyl groups excluding tert-OH is 1. The Morgan fingerprint density at radius 2 is 1.84 bits per heavy atom. The standard InChI is InChI=1S/C28H33ClN2O5S/c1-27-13-6-9-18-36-26(35)22(27)21-24(33)31(15-7-2-3-8-17-32)23-25(34)30(16-10-14-28(21,23)37-27)20-12-5-4-11-19(20)29/h4-6,10-14,21-23,32H,2-3,7-9,15-18H2,1H3/t21-,22+,23?,27-,28-/m0/s1. The Hall–Kier alpha value is -2.29. The minimum absolute atomic E-state index is 0.138. The summed E-state index contributed by atoms with van der Waals surface area (Å²) in [4.78, 5) is 45.3. The highest BCUT2D eigenvalue weighted by molar-refractivity contribution is 8.02. The average molecular weight is 545 g/mol. The number of cyclic esters (lactones) is 1. The van der Waals surface area contributed by atoms with Gasteiger partial charge in [0.2, 0.25) is 5.91 Å². The van der Waals surface area contributed by atoms with Crippen molar-refractivity contribution in [2.24, 2.45) is 11.8 Å². The molecule has 2 amide bonds. The van der Waals surface area contributed by atoms with Crippen molar-refractivity contribution in [3.8, 4) is 0 Å². The molecule has 37 heavy (non-hydrogen) atoms. The van der Waals surface area contributed by atoms with Gasteiger partial charge >= 0.3 is 5.97 Å². The molecular weight excluding hydrogens is 512 g/mol. The maximum absolute atomic E-state index is 14.4. The van der Waals surface area contributed by atoms with Crippen LogP contribution in [-0.4, -0.2) is 69.6 Å². The van der Waals surface area contributed by atoms with Gasteiger partial charge in [-0.15, -0.1) is 11.8 Å². The largest absolute Gasteiger partial charge is 0.465 e. The predicted molar refractivity (Wildman–Crippen MR) is 144 cm³/mol. The lowest BCUT2D eigenvalue weighted by Crippen LogP contribution is -2.53. The topological polar surface area (TPSA) is 87.1 Å². The summed E-state index contributed by atoms with van der Waals surface area (Å²) in [7, 11) is 0. The number of halogens is 1. The zero-order valence-corrected chi connectivity index (χ0v) is 22.5. The zero-order chi connectivity index (χ0) is 26.2. The summed E-state index contributed by atoms with van der Waals surface area (Å²) in [6, 6.07) is 6.46. The van der Waals surface area contributed by atoms with Gasteiger partial charge < -0.3 is 19.6 Å². The van der Waals surface area contributed by atoms with Crippen molar-refractivity contribution >= 4 is 46.8 Å². The fourth-order valence-electron chi connectivity index (χ4n) is 6.36. The molecule has 2 fully saturated rings. The number of hydrogen-bond donors (Lipinski definition) is 1. The molecule has 0 aliphatic carbocycles. The lowest BCUT2D eigenvalue weighted by Gasteiger charge is -2.37. The number of benzene rings is 1. The number of aliphatic hydroxyl groups is 1. The van der Waals surface area contributed by atoms with Crippen LogP contribution in [0.3, 0.4) is 0 Å². The number of anilines is 1. The van der Waals surface area contributed by atoms with Crippen LogP contribution in [0.4, 0.5) is 5.69 Å². The third-order valence-corrected chi connectivity index (χ3v) is 10.1. The number of unbranched alkanes of at least 4 members (excludes halogenated alkanes) is 3. The fraction of sp³-hybridized carbons (Fsp3) is 0.536. The van der Waals surface area contributed by atoms with Gasteiger partial charge in [-0.05, 0) is 38.3 Å². The second-order valence-electron chi connectivity index (χ2n) is 10.3. The van der Waals surface area contributed by atoms with E-state index in [0.717, 1.165) is 12.8 Å². The second-order valence-corrected chi connectivity index (χ2v) is 12.5. The van der Waals surface area contributed by atoms with E-state index in [9.17, 15) is 14.4 Å². The van der Waals surface area contributed by atoms with Crippen molar-refractivity contribution in [2.45, 2.75) is 54.6 Å². The van der Waals surface area contributed by atoms with Crippen LogP contribution in [0.5, 0.6) is 0 Å². The number of ether oxygens (including phenoxy) is 1. The van der Waals surface area contributed by atoms with Crippen LogP contribution in [0.15, 0.2) is 48.6 Å². The zero-order valence-electron chi connectivity index (χ0n) is 21.0. The molecule has 5 atom stereocenters. The molecule has 5 rings (SSSR count). The quantitative estimate of drug-likeness (QED) is 0.317. The predicted octanol–water partition coefficient (Wildman–Crippen LogP) is 3.99. The molecule has 0 saturated carbocycles. The molecule has 1 aromatic rings. The smallest absolute Gasteiger partial charge is 0.311 e. The molecule has 0 radical (unpaired) electrons. The van der Waals surface area contributed by atoms with E-state index in [1.165, 1.54) is 0 Å². The van der Waals surface area contributed by atoms with Crippen LogP contribution in [-0.2, 0) is 19.1 Å². The summed E-state index contributed by atoms with van der Waals surface area (Å²) in [5.74, 6) is -2.11. The number of rotatable bonds is 7. The molecule has 7 nitrogen and oxygen atoms in total. The van der Waals surface area contributed by atoms with Crippen molar-refractivity contribution in [3.63, 3.8) is 0 Å². The van der Waals surface area contributed by atoms with Gasteiger partial charge in [-0.25, -0.2) is 0 Å². The molecule has 1 unspecified atom stereocenters. The molecule has 1 aromatic carbocycles. The van der Waals surface area contributed by atoms with Crippen LogP contribution >= 0.6 is 23.4 Å². The first kappa shape index (κ1) is 26.3. The molecule has 4 heterocycles. The monoisotopic (exact) mass is 544 g/mol. The van der Waals surface area contributed by atoms with Crippen molar-refractivity contribution in [1.82, 2.24) is 4.90 Å². The molecule has 4 aliphatic rings. The van der Waals surface area contributed by atoms with Crippen LogP contribution in [0.25, 0.3) is 0 Å². The summed E-state index contributed by atoms with van der Waals surface area (Å²) in [5, 5.41) is 9.59. The number of nitrogens with zero attached hydrogens (tertiary/aromatic N) is 2. The Balaban J connectivity index is 1.58. The highest BCUT2D eigenvalue weighted by Crippen LogP contribution is 2.65. The van der Waals surface area contributed by atoms with Crippen molar-refractivity contribution in [3.05, 3.63) is 53.6 Å². The van der Waals surface area contributed by atoms with Gasteiger partial charge in [0.1, 0.15) is 6.04 Å². The third kappa shape index (κ3) is 4.41. The second kappa shape index (κ2) is 10.5. The molecule has 0 aromatic heterocycles. The Labute approximate surface area is 226 Å². The van der Waals surface area contributed by atoms with Crippen molar-refractivity contribution in [1.29, 1.82) is 0 Å². The van der Waals surface area contributed by atoms with Crippen LogP contribution in [0.1, 0.15) is 39.0 Å². The van der Waals surface area contributed by atoms with E-state index in [1.807, 2.05) is 49.4 Å². The first-order chi connectivity index (χ1) is 17.8. The van der Waals surface area contributed by atoms with E-state index < -0.39 is 27.4 Å². The third-order valence-electron chi connectivity index (χ3n) is 7.97. The molecule has 9 heteroatoms. The van der Waals surface area contributed by atoms with Gasteiger partial charge in [0.15, 0.2) is 0 Å². The molecule has 4 aliphatic heterocycles. The molecular formula is C28H33ClN2O5S. The minimum Gasteiger partial charge on any atom is -0.465 e. The van der Waals surface area contributed by atoms with E-state index in [2.05, 4.69) is 0 Å². The highest BCUT2D eigenvalue weighted by atomic mass is 35.5. The number of para-hydroxylation sites is 1. The average Bonchev–Trinajstić information content (AvgIpc) is 3.18. The lowest BCUT2D eigenvalue weighted by molar-refractivity contribution is -0.154. The number of fused-ring (bicyclic) bond motifs is 2. The van der Waals surface area contributed by atoms with Gasteiger partial charge in [-0.2, -0.15) is 0 Å². The maximum Gasteiger partial charge on any atom is 0.311 e. The van der Waals surface area contributed by atoms with E-state index in [-0.39, 0.29) is 31.0 Å². The van der Waals surface area contributed by atoms with Gasteiger partial charge in [-0.1, -0.05) is 60.9 Å².